The van der Waals surface area contributed by atoms with E-state index in [1.807, 2.05) is 0 Å². The van der Waals surface area contributed by atoms with Gasteiger partial charge in [-0.25, -0.2) is 4.79 Å². The lowest BCUT2D eigenvalue weighted by Crippen LogP contribution is -2.46. The summed E-state index contributed by atoms with van der Waals surface area (Å²) in [5.41, 5.74) is 6.05. The predicted octanol–water partition coefficient (Wildman–Crippen LogP) is -0.0154. The minimum Gasteiger partial charge on any atom is -0.480 e. The first-order valence-corrected chi connectivity index (χ1v) is 4.19. The largest absolute Gasteiger partial charge is 0.480 e. The summed E-state index contributed by atoms with van der Waals surface area (Å²) in [6.45, 7) is 0. The highest BCUT2D eigenvalue weighted by Crippen LogP contribution is 2.31. The van der Waals surface area contributed by atoms with Crippen LogP contribution in [-0.4, -0.2) is 21.3 Å². The van der Waals surface area contributed by atoms with Crippen LogP contribution in [0.4, 0.5) is 0 Å². The molecule has 2 rings (SSSR count). The van der Waals surface area contributed by atoms with Gasteiger partial charge in [0, 0.05) is 11.3 Å². The van der Waals surface area contributed by atoms with Crippen LogP contribution in [0.25, 0.3) is 0 Å². The first-order chi connectivity index (χ1) is 6.14. The molecule has 1 heterocycles. The molecule has 0 spiro atoms. The molecule has 4 N–H and O–H groups in total. The highest BCUT2D eigenvalue weighted by molar-refractivity contribution is 5.81. The fourth-order valence-corrected chi connectivity index (χ4v) is 1.79. The van der Waals surface area contributed by atoms with Crippen molar-refractivity contribution < 1.29 is 9.90 Å². The van der Waals surface area contributed by atoms with E-state index in [1.54, 1.807) is 0 Å². The summed E-state index contributed by atoms with van der Waals surface area (Å²) in [6.07, 6.45) is 3.62. The van der Waals surface area contributed by atoms with Crippen molar-refractivity contribution in [1.29, 1.82) is 0 Å². The van der Waals surface area contributed by atoms with Crippen LogP contribution in [0.2, 0.25) is 0 Å². The van der Waals surface area contributed by atoms with Gasteiger partial charge in [0.05, 0.1) is 6.20 Å². The third-order valence-electron chi connectivity index (χ3n) is 2.58. The number of hydrogen-bond donors (Lipinski definition) is 3. The zero-order valence-corrected chi connectivity index (χ0v) is 7.08. The fourth-order valence-electron chi connectivity index (χ4n) is 1.79. The first-order valence-electron chi connectivity index (χ1n) is 4.19. The maximum absolute atomic E-state index is 11.0. The van der Waals surface area contributed by atoms with Gasteiger partial charge in [-0.15, -0.1) is 0 Å². The number of aromatic nitrogens is 2. The summed E-state index contributed by atoms with van der Waals surface area (Å²) in [5, 5.41) is 15.6. The van der Waals surface area contributed by atoms with E-state index in [0.29, 0.717) is 12.0 Å². The minimum atomic E-state index is -1.24. The molecule has 1 aliphatic rings. The quantitative estimate of drug-likeness (QED) is 0.568. The van der Waals surface area contributed by atoms with Crippen molar-refractivity contribution in [3.63, 3.8) is 0 Å². The van der Waals surface area contributed by atoms with Crippen molar-refractivity contribution in [2.75, 3.05) is 0 Å². The molecular formula is C8H11N3O2. The average molecular weight is 181 g/mol. The topological polar surface area (TPSA) is 92.0 Å². The third kappa shape index (κ3) is 1.04. The number of fused-ring (bicyclic) bond motifs is 1. The number of nitrogens with zero attached hydrogens (tertiary/aromatic N) is 1. The van der Waals surface area contributed by atoms with Gasteiger partial charge in [0.25, 0.3) is 0 Å². The van der Waals surface area contributed by atoms with Gasteiger partial charge in [-0.2, -0.15) is 5.10 Å². The zero-order valence-electron chi connectivity index (χ0n) is 7.08. The van der Waals surface area contributed by atoms with Crippen molar-refractivity contribution in [3.05, 3.63) is 17.5 Å². The van der Waals surface area contributed by atoms with E-state index in [0.717, 1.165) is 18.5 Å². The summed E-state index contributed by atoms with van der Waals surface area (Å²) in [4.78, 5) is 11.0. The Labute approximate surface area is 74.9 Å². The fraction of sp³-hybridized carbons (Fsp3) is 0.500. The molecule has 0 aliphatic heterocycles. The van der Waals surface area contributed by atoms with E-state index in [2.05, 4.69) is 10.2 Å². The van der Waals surface area contributed by atoms with Gasteiger partial charge >= 0.3 is 5.97 Å². The Morgan fingerprint density at radius 3 is 3.23 bits per heavy atom. The molecule has 5 nitrogen and oxygen atoms in total. The molecule has 13 heavy (non-hydrogen) atoms. The van der Waals surface area contributed by atoms with E-state index < -0.39 is 11.5 Å². The summed E-state index contributed by atoms with van der Waals surface area (Å²) in [7, 11) is 0. The Balaban J connectivity index is 2.51. The summed E-state index contributed by atoms with van der Waals surface area (Å²) in [6, 6.07) is 0. The van der Waals surface area contributed by atoms with Crippen LogP contribution in [0.1, 0.15) is 24.1 Å². The van der Waals surface area contributed by atoms with Crippen molar-refractivity contribution >= 4 is 5.97 Å². The zero-order chi connectivity index (χ0) is 9.47. The number of hydrogen-bond acceptors (Lipinski definition) is 3. The van der Waals surface area contributed by atoms with E-state index in [1.165, 1.54) is 6.20 Å². The third-order valence-corrected chi connectivity index (χ3v) is 2.58. The SMILES string of the molecule is NC1(C(=O)O)CCCc2[nH]ncc21. The van der Waals surface area contributed by atoms with Gasteiger partial charge in [0.15, 0.2) is 0 Å². The van der Waals surface area contributed by atoms with Gasteiger partial charge in [-0.1, -0.05) is 0 Å². The number of carbonyl (C=O) groups is 1. The summed E-state index contributed by atoms with van der Waals surface area (Å²) < 4.78 is 0. The molecule has 1 aliphatic carbocycles. The number of nitrogens with two attached hydrogens (primary N) is 1. The van der Waals surface area contributed by atoms with Gasteiger partial charge in [0.2, 0.25) is 0 Å². The Hall–Kier alpha value is -1.36. The van der Waals surface area contributed by atoms with E-state index in [9.17, 15) is 4.79 Å². The van der Waals surface area contributed by atoms with E-state index in [-0.39, 0.29) is 0 Å². The monoisotopic (exact) mass is 181 g/mol. The summed E-state index contributed by atoms with van der Waals surface area (Å²) in [5.74, 6) is -0.977. The summed E-state index contributed by atoms with van der Waals surface area (Å²) >= 11 is 0. The molecule has 0 aromatic carbocycles. The first kappa shape index (κ1) is 8.25. The smallest absolute Gasteiger partial charge is 0.328 e. The van der Waals surface area contributed by atoms with E-state index in [4.69, 9.17) is 10.8 Å². The number of rotatable bonds is 1. The molecule has 70 valence electrons. The van der Waals surface area contributed by atoms with Crippen LogP contribution in [0.15, 0.2) is 6.20 Å². The van der Waals surface area contributed by atoms with Crippen LogP contribution in [0.5, 0.6) is 0 Å². The average Bonchev–Trinajstić information content (AvgIpc) is 2.53. The van der Waals surface area contributed by atoms with E-state index >= 15 is 0 Å². The number of nitrogens with one attached hydrogen (secondary N) is 1. The second-order valence-corrected chi connectivity index (χ2v) is 3.39. The van der Waals surface area contributed by atoms with Crippen LogP contribution >= 0.6 is 0 Å². The molecule has 1 atom stereocenters. The van der Waals surface area contributed by atoms with Gasteiger partial charge < -0.3 is 10.8 Å². The van der Waals surface area contributed by atoms with Gasteiger partial charge in [-0.3, -0.25) is 5.10 Å². The van der Waals surface area contributed by atoms with Crippen LogP contribution in [0.3, 0.4) is 0 Å². The molecule has 0 amide bonds. The number of H-pyrrole nitrogens is 1. The number of carboxylic acid groups (broad SMARTS) is 1. The Morgan fingerprint density at radius 2 is 2.54 bits per heavy atom. The maximum Gasteiger partial charge on any atom is 0.328 e. The second kappa shape index (κ2) is 2.56. The minimum absolute atomic E-state index is 0.481. The van der Waals surface area contributed by atoms with Crippen molar-refractivity contribution in [3.8, 4) is 0 Å². The predicted molar refractivity (Wildman–Crippen MR) is 45.0 cm³/mol. The highest BCUT2D eigenvalue weighted by Gasteiger charge is 2.40. The highest BCUT2D eigenvalue weighted by atomic mass is 16.4. The van der Waals surface area contributed by atoms with Crippen molar-refractivity contribution in [1.82, 2.24) is 10.2 Å². The molecule has 0 radical (unpaired) electrons. The number of carboxylic acids is 1. The Kier molecular flexibility index (Phi) is 1.63. The van der Waals surface area contributed by atoms with Crippen LogP contribution < -0.4 is 5.73 Å². The lowest BCUT2D eigenvalue weighted by atomic mass is 9.81. The number of aromatic amines is 1. The number of aliphatic carboxylic acids is 1. The number of aryl methyl sites for hydroxylation is 1. The molecule has 0 saturated heterocycles. The van der Waals surface area contributed by atoms with Gasteiger partial charge in [0.1, 0.15) is 5.54 Å². The normalized spacial score (nSPS) is 26.8. The maximum atomic E-state index is 11.0. The molecule has 0 saturated carbocycles. The molecule has 1 unspecified atom stereocenters. The van der Waals surface area contributed by atoms with Crippen LogP contribution in [0, 0.1) is 0 Å². The molecule has 1 aromatic heterocycles. The Morgan fingerprint density at radius 1 is 1.77 bits per heavy atom. The molecule has 5 heteroatoms. The van der Waals surface area contributed by atoms with Crippen LogP contribution in [-0.2, 0) is 16.8 Å². The van der Waals surface area contributed by atoms with Crippen molar-refractivity contribution in [2.24, 2.45) is 5.73 Å². The molecule has 0 bridgehead atoms. The second-order valence-electron chi connectivity index (χ2n) is 3.39. The lowest BCUT2D eigenvalue weighted by Gasteiger charge is -2.28. The van der Waals surface area contributed by atoms with Crippen molar-refractivity contribution in [2.45, 2.75) is 24.8 Å². The molecule has 1 aromatic rings. The van der Waals surface area contributed by atoms with Gasteiger partial charge in [-0.05, 0) is 19.3 Å². The standard InChI is InChI=1S/C8H11N3O2/c9-8(7(12)13)3-1-2-6-5(8)4-10-11-6/h4H,1-3,9H2,(H,10,11)(H,12,13). The Bertz CT molecular complexity index is 347. The lowest BCUT2D eigenvalue weighted by molar-refractivity contribution is -0.144. The molecular weight excluding hydrogens is 170 g/mol. The molecule has 0 fully saturated rings.